The summed E-state index contributed by atoms with van der Waals surface area (Å²) in [5.74, 6) is 0. The normalized spacial score (nSPS) is 10.8. The lowest BCUT2D eigenvalue weighted by molar-refractivity contribution is 0.206. The first kappa shape index (κ1) is 12.9. The van der Waals surface area contributed by atoms with Crippen LogP contribution in [-0.2, 0) is 11.3 Å². The van der Waals surface area contributed by atoms with Gasteiger partial charge in [-0.2, -0.15) is 0 Å². The molecule has 0 saturated heterocycles. The summed E-state index contributed by atoms with van der Waals surface area (Å²) in [5, 5.41) is 2.49. The second-order valence-electron chi connectivity index (χ2n) is 4.41. The van der Waals surface area contributed by atoms with Crippen LogP contribution in [0.15, 0.2) is 36.4 Å². The molecule has 3 heteroatoms. The number of benzene rings is 2. The summed E-state index contributed by atoms with van der Waals surface area (Å²) >= 11 is 0. The first-order chi connectivity index (χ1) is 8.77. The van der Waals surface area contributed by atoms with Crippen molar-refractivity contribution in [2.24, 2.45) is 5.73 Å². The molecule has 0 spiro atoms. The van der Waals surface area contributed by atoms with Crippen LogP contribution in [0.2, 0.25) is 0 Å². The largest absolute Gasteiger partial charge is 0.383 e. The maximum Gasteiger partial charge on any atom is 0.0637 e. The van der Waals surface area contributed by atoms with Crippen LogP contribution in [0.4, 0.5) is 5.69 Å². The summed E-state index contributed by atoms with van der Waals surface area (Å²) in [6.45, 7) is 2.18. The van der Waals surface area contributed by atoms with Crippen molar-refractivity contribution >= 4 is 16.5 Å². The first-order valence-electron chi connectivity index (χ1n) is 6.18. The predicted molar refractivity (Wildman–Crippen MR) is 77.0 cm³/mol. The minimum Gasteiger partial charge on any atom is -0.383 e. The van der Waals surface area contributed by atoms with Crippen molar-refractivity contribution in [3.63, 3.8) is 0 Å². The van der Waals surface area contributed by atoms with Crippen LogP contribution < -0.4 is 10.6 Å². The zero-order chi connectivity index (χ0) is 13.0. The Labute approximate surface area is 108 Å². The minimum atomic E-state index is 0.572. The van der Waals surface area contributed by atoms with Gasteiger partial charge in [0.1, 0.15) is 0 Å². The van der Waals surface area contributed by atoms with Crippen molar-refractivity contribution in [1.82, 2.24) is 0 Å². The fraction of sp³-hybridized carbons (Fsp3) is 0.333. The molecule has 0 aliphatic carbocycles. The molecule has 2 aromatic carbocycles. The zero-order valence-electron chi connectivity index (χ0n) is 11.0. The molecule has 0 fully saturated rings. The maximum atomic E-state index is 5.79. The third-order valence-corrected chi connectivity index (χ3v) is 3.25. The standard InChI is InChI=1S/C15H20N2O/c1-17(9-10-18-2)15-8-7-12(11-16)13-5-3-4-6-14(13)15/h3-8H,9-11,16H2,1-2H3. The first-order valence-corrected chi connectivity index (χ1v) is 6.18. The second-order valence-corrected chi connectivity index (χ2v) is 4.41. The molecule has 18 heavy (non-hydrogen) atoms. The molecule has 0 aliphatic rings. The summed E-state index contributed by atoms with van der Waals surface area (Å²) in [5.41, 5.74) is 8.20. The highest BCUT2D eigenvalue weighted by molar-refractivity contribution is 5.96. The van der Waals surface area contributed by atoms with Gasteiger partial charge in [-0.15, -0.1) is 0 Å². The minimum absolute atomic E-state index is 0.572. The molecule has 2 N–H and O–H groups in total. The van der Waals surface area contributed by atoms with E-state index in [1.54, 1.807) is 7.11 Å². The Bertz CT molecular complexity index is 525. The molecule has 2 aromatic rings. The molecule has 0 aromatic heterocycles. The van der Waals surface area contributed by atoms with Gasteiger partial charge < -0.3 is 15.4 Å². The van der Waals surface area contributed by atoms with E-state index in [0.717, 1.165) is 13.2 Å². The van der Waals surface area contributed by atoms with Crippen LogP contribution in [0, 0.1) is 0 Å². The molecular weight excluding hydrogens is 224 g/mol. The van der Waals surface area contributed by atoms with Crippen LogP contribution in [0.5, 0.6) is 0 Å². The van der Waals surface area contributed by atoms with Gasteiger partial charge in [-0.3, -0.25) is 0 Å². The van der Waals surface area contributed by atoms with E-state index in [-0.39, 0.29) is 0 Å². The van der Waals surface area contributed by atoms with E-state index in [2.05, 4.69) is 48.3 Å². The van der Waals surface area contributed by atoms with Gasteiger partial charge in [0, 0.05) is 38.3 Å². The number of hydrogen-bond donors (Lipinski definition) is 1. The number of anilines is 1. The lowest BCUT2D eigenvalue weighted by Gasteiger charge is -2.21. The number of hydrogen-bond acceptors (Lipinski definition) is 3. The summed E-state index contributed by atoms with van der Waals surface area (Å²) < 4.78 is 5.13. The van der Waals surface area contributed by atoms with Crippen molar-refractivity contribution < 1.29 is 4.74 Å². The number of fused-ring (bicyclic) bond motifs is 1. The van der Waals surface area contributed by atoms with Crippen molar-refractivity contribution in [2.45, 2.75) is 6.54 Å². The number of rotatable bonds is 5. The Morgan fingerprint density at radius 2 is 1.83 bits per heavy atom. The van der Waals surface area contributed by atoms with Gasteiger partial charge in [-0.25, -0.2) is 0 Å². The number of ether oxygens (including phenoxy) is 1. The zero-order valence-corrected chi connectivity index (χ0v) is 11.0. The van der Waals surface area contributed by atoms with Crippen molar-refractivity contribution in [2.75, 3.05) is 32.2 Å². The third kappa shape index (κ3) is 2.47. The molecule has 96 valence electrons. The molecule has 3 nitrogen and oxygen atoms in total. The second kappa shape index (κ2) is 5.85. The molecule has 0 heterocycles. The van der Waals surface area contributed by atoms with Gasteiger partial charge in [0.15, 0.2) is 0 Å². The molecule has 0 atom stereocenters. The van der Waals surface area contributed by atoms with E-state index in [9.17, 15) is 0 Å². The Balaban J connectivity index is 2.45. The van der Waals surface area contributed by atoms with E-state index in [1.807, 2.05) is 0 Å². The van der Waals surface area contributed by atoms with Gasteiger partial charge in [0.2, 0.25) is 0 Å². The van der Waals surface area contributed by atoms with Crippen LogP contribution in [0.25, 0.3) is 10.8 Å². The number of methoxy groups -OCH3 is 1. The fourth-order valence-corrected chi connectivity index (χ4v) is 2.21. The Morgan fingerprint density at radius 3 is 2.50 bits per heavy atom. The topological polar surface area (TPSA) is 38.5 Å². The molecule has 2 rings (SSSR count). The van der Waals surface area contributed by atoms with E-state index in [4.69, 9.17) is 10.5 Å². The number of nitrogens with zero attached hydrogens (tertiary/aromatic N) is 1. The smallest absolute Gasteiger partial charge is 0.0637 e. The third-order valence-electron chi connectivity index (χ3n) is 3.25. The van der Waals surface area contributed by atoms with Crippen LogP contribution in [0.1, 0.15) is 5.56 Å². The Kier molecular flexibility index (Phi) is 4.18. The summed E-state index contributed by atoms with van der Waals surface area (Å²) in [6.07, 6.45) is 0. The highest BCUT2D eigenvalue weighted by atomic mass is 16.5. The van der Waals surface area contributed by atoms with Gasteiger partial charge in [-0.1, -0.05) is 30.3 Å². The quantitative estimate of drug-likeness (QED) is 0.877. The van der Waals surface area contributed by atoms with Gasteiger partial charge >= 0.3 is 0 Å². The Morgan fingerprint density at radius 1 is 1.11 bits per heavy atom. The lowest BCUT2D eigenvalue weighted by atomic mass is 10.0. The average molecular weight is 244 g/mol. The van der Waals surface area contributed by atoms with Crippen molar-refractivity contribution in [3.05, 3.63) is 42.0 Å². The molecule has 0 radical (unpaired) electrons. The summed E-state index contributed by atoms with van der Waals surface area (Å²) in [6, 6.07) is 12.6. The number of nitrogens with two attached hydrogens (primary N) is 1. The van der Waals surface area contributed by atoms with Gasteiger partial charge in [-0.05, 0) is 17.0 Å². The van der Waals surface area contributed by atoms with Crippen LogP contribution >= 0.6 is 0 Å². The summed E-state index contributed by atoms with van der Waals surface area (Å²) in [4.78, 5) is 2.21. The molecule has 0 amide bonds. The lowest BCUT2D eigenvalue weighted by Crippen LogP contribution is -2.22. The van der Waals surface area contributed by atoms with Crippen LogP contribution in [-0.4, -0.2) is 27.3 Å². The monoisotopic (exact) mass is 244 g/mol. The highest BCUT2D eigenvalue weighted by Crippen LogP contribution is 2.28. The number of likely N-dealkylation sites (N-methyl/N-ethyl adjacent to an activating group) is 1. The van der Waals surface area contributed by atoms with E-state index >= 15 is 0 Å². The molecular formula is C15H20N2O. The maximum absolute atomic E-state index is 5.79. The van der Waals surface area contributed by atoms with E-state index in [0.29, 0.717) is 6.54 Å². The molecule has 0 saturated carbocycles. The molecule has 0 bridgehead atoms. The van der Waals surface area contributed by atoms with Gasteiger partial charge in [0.25, 0.3) is 0 Å². The molecule has 0 unspecified atom stereocenters. The predicted octanol–water partition coefficient (Wildman–Crippen LogP) is 2.38. The fourth-order valence-electron chi connectivity index (χ4n) is 2.21. The SMILES string of the molecule is COCCN(C)c1ccc(CN)c2ccccc12. The summed E-state index contributed by atoms with van der Waals surface area (Å²) in [7, 11) is 3.81. The van der Waals surface area contributed by atoms with E-state index in [1.165, 1.54) is 22.0 Å². The Hall–Kier alpha value is -1.58. The average Bonchev–Trinajstić information content (AvgIpc) is 2.43. The van der Waals surface area contributed by atoms with Crippen LogP contribution in [0.3, 0.4) is 0 Å². The van der Waals surface area contributed by atoms with Gasteiger partial charge in [0.05, 0.1) is 6.61 Å². The highest BCUT2D eigenvalue weighted by Gasteiger charge is 2.08. The molecule has 0 aliphatic heterocycles. The van der Waals surface area contributed by atoms with Crippen molar-refractivity contribution in [1.29, 1.82) is 0 Å². The van der Waals surface area contributed by atoms with Crippen molar-refractivity contribution in [3.8, 4) is 0 Å². The van der Waals surface area contributed by atoms with E-state index < -0.39 is 0 Å².